The van der Waals surface area contributed by atoms with E-state index in [2.05, 4.69) is 83.5 Å². The van der Waals surface area contributed by atoms with E-state index in [0.29, 0.717) is 29.7 Å². The predicted molar refractivity (Wildman–Crippen MR) is 118 cm³/mol. The largest absolute Gasteiger partial charge is 0.391 e. The first-order valence-corrected chi connectivity index (χ1v) is 10.8. The zero-order chi connectivity index (χ0) is 18.9. The van der Waals surface area contributed by atoms with Crippen molar-refractivity contribution in [3.8, 4) is 0 Å². The summed E-state index contributed by atoms with van der Waals surface area (Å²) >= 11 is 0. The quantitative estimate of drug-likeness (QED) is 0.711. The normalized spacial score (nSPS) is 32.0. The molecular weight excluding hydrogens is 340 g/mol. The first-order chi connectivity index (χ1) is 13.8. The van der Waals surface area contributed by atoms with Gasteiger partial charge in [-0.05, 0) is 53.4 Å². The van der Waals surface area contributed by atoms with Crippen LogP contribution in [0.1, 0.15) is 30.9 Å². The molecule has 28 heavy (non-hydrogen) atoms. The van der Waals surface area contributed by atoms with Crippen molar-refractivity contribution < 1.29 is 0 Å². The van der Waals surface area contributed by atoms with Gasteiger partial charge in [0.2, 0.25) is 0 Å². The van der Waals surface area contributed by atoms with Crippen LogP contribution in [0.5, 0.6) is 0 Å². The van der Waals surface area contributed by atoms with Gasteiger partial charge >= 0.3 is 0 Å². The lowest BCUT2D eigenvalue weighted by molar-refractivity contribution is 0.188. The van der Waals surface area contributed by atoms with E-state index in [-0.39, 0.29) is 0 Å². The van der Waals surface area contributed by atoms with Crippen LogP contribution in [0, 0.1) is 23.7 Å². The van der Waals surface area contributed by atoms with Gasteiger partial charge < -0.3 is 10.6 Å². The van der Waals surface area contributed by atoms with Gasteiger partial charge in [0.05, 0.1) is 0 Å². The Balaban J connectivity index is 1.59. The van der Waals surface area contributed by atoms with Gasteiger partial charge in [0.25, 0.3) is 0 Å². The zero-order valence-electron chi connectivity index (χ0n) is 16.6. The molecule has 0 spiro atoms. The predicted octanol–water partition coefficient (Wildman–Crippen LogP) is 5.36. The monoisotopic (exact) mass is 370 g/mol. The van der Waals surface area contributed by atoms with Crippen molar-refractivity contribution in [1.82, 2.24) is 10.6 Å². The van der Waals surface area contributed by atoms with Crippen molar-refractivity contribution in [2.45, 2.75) is 25.3 Å². The van der Waals surface area contributed by atoms with Crippen LogP contribution in [0.25, 0.3) is 10.8 Å². The molecule has 1 heterocycles. The number of hydrogen-bond acceptors (Lipinski definition) is 2. The molecule has 5 atom stereocenters. The minimum Gasteiger partial charge on any atom is -0.391 e. The molecule has 2 N–H and O–H groups in total. The first kappa shape index (κ1) is 17.8. The van der Waals surface area contributed by atoms with Crippen molar-refractivity contribution >= 4 is 10.8 Å². The third kappa shape index (κ3) is 3.10. The second-order valence-electron chi connectivity index (χ2n) is 8.52. The van der Waals surface area contributed by atoms with E-state index >= 15 is 0 Å². The van der Waals surface area contributed by atoms with Crippen molar-refractivity contribution in [2.24, 2.45) is 23.7 Å². The van der Waals surface area contributed by atoms with Gasteiger partial charge in [0, 0.05) is 31.2 Å². The SMILES string of the molecule is CNC1=CC(C2CC=CC3CCC=CC32)C(c2cccc3ccccc23)NC1. The average molecular weight is 371 g/mol. The Morgan fingerprint density at radius 2 is 1.86 bits per heavy atom. The number of hydrogen-bond donors (Lipinski definition) is 2. The zero-order valence-corrected chi connectivity index (χ0v) is 16.6. The molecule has 3 aliphatic rings. The average Bonchev–Trinajstić information content (AvgIpc) is 2.78. The molecule has 2 aliphatic carbocycles. The molecule has 0 aromatic heterocycles. The maximum Gasteiger partial charge on any atom is 0.0396 e. The standard InChI is InChI=1S/C26H30N2/c1-27-20-16-25(23-14-6-10-18-8-2-4-12-21(18)23)26(28-17-20)24-15-7-11-19-9-3-5-13-22(19)24/h3-7,9-13,15-16,18,21,23,25-28H,2,8,14,17H2,1H3. The van der Waals surface area contributed by atoms with Crippen molar-refractivity contribution in [3.05, 3.63) is 84.1 Å². The van der Waals surface area contributed by atoms with E-state index in [1.165, 1.54) is 41.3 Å². The molecule has 0 saturated carbocycles. The van der Waals surface area contributed by atoms with Crippen LogP contribution in [-0.2, 0) is 0 Å². The number of rotatable bonds is 3. The first-order valence-electron chi connectivity index (χ1n) is 10.8. The summed E-state index contributed by atoms with van der Waals surface area (Å²) in [5.74, 6) is 2.51. The second kappa shape index (κ2) is 7.60. The fourth-order valence-electron chi connectivity index (χ4n) is 5.67. The van der Waals surface area contributed by atoms with Gasteiger partial charge in [0.15, 0.2) is 0 Å². The summed E-state index contributed by atoms with van der Waals surface area (Å²) in [7, 11) is 2.05. The molecule has 144 valence electrons. The Kier molecular flexibility index (Phi) is 4.82. The topological polar surface area (TPSA) is 24.1 Å². The van der Waals surface area contributed by atoms with Crippen LogP contribution in [0.4, 0.5) is 0 Å². The number of fused-ring (bicyclic) bond motifs is 2. The van der Waals surface area contributed by atoms with Gasteiger partial charge in [0.1, 0.15) is 0 Å². The van der Waals surface area contributed by atoms with E-state index in [4.69, 9.17) is 0 Å². The number of allylic oxidation sites excluding steroid dienone is 4. The lowest BCUT2D eigenvalue weighted by Gasteiger charge is -2.44. The summed E-state index contributed by atoms with van der Waals surface area (Å²) in [6, 6.07) is 16.0. The smallest absolute Gasteiger partial charge is 0.0396 e. The fourth-order valence-corrected chi connectivity index (χ4v) is 5.67. The van der Waals surface area contributed by atoms with Crippen molar-refractivity contribution in [1.29, 1.82) is 0 Å². The summed E-state index contributed by atoms with van der Waals surface area (Å²) in [4.78, 5) is 0. The van der Waals surface area contributed by atoms with Crippen LogP contribution in [0.2, 0.25) is 0 Å². The molecule has 0 fully saturated rings. The molecular formula is C26H30N2. The summed E-state index contributed by atoms with van der Waals surface area (Å²) in [5.41, 5.74) is 2.77. The Hall–Kier alpha value is -2.32. The molecule has 2 heteroatoms. The van der Waals surface area contributed by atoms with E-state index in [1.807, 2.05) is 7.05 Å². The van der Waals surface area contributed by atoms with Crippen LogP contribution in [0.15, 0.2) is 78.5 Å². The van der Waals surface area contributed by atoms with E-state index < -0.39 is 0 Å². The molecule has 0 bridgehead atoms. The van der Waals surface area contributed by atoms with Gasteiger partial charge in [-0.3, -0.25) is 0 Å². The molecule has 0 saturated heterocycles. The van der Waals surface area contributed by atoms with Gasteiger partial charge in [-0.2, -0.15) is 0 Å². The highest BCUT2D eigenvalue weighted by Gasteiger charge is 2.39. The van der Waals surface area contributed by atoms with Gasteiger partial charge in [-0.15, -0.1) is 0 Å². The maximum absolute atomic E-state index is 3.89. The Labute approximate surface area is 168 Å². The summed E-state index contributed by atoms with van der Waals surface area (Å²) in [5, 5.41) is 10.0. The minimum atomic E-state index is 0.357. The number of likely N-dealkylation sites (N-methyl/N-ethyl adjacent to an activating group) is 1. The highest BCUT2D eigenvalue weighted by molar-refractivity contribution is 5.86. The van der Waals surface area contributed by atoms with E-state index in [9.17, 15) is 0 Å². The molecule has 2 nitrogen and oxygen atoms in total. The molecule has 5 unspecified atom stereocenters. The van der Waals surface area contributed by atoms with Gasteiger partial charge in [-0.25, -0.2) is 0 Å². The third-order valence-electron chi connectivity index (χ3n) is 7.07. The Morgan fingerprint density at radius 3 is 2.79 bits per heavy atom. The summed E-state index contributed by atoms with van der Waals surface area (Å²) in [6.07, 6.45) is 16.1. The Bertz CT molecular complexity index is 933. The highest BCUT2D eigenvalue weighted by Crippen LogP contribution is 2.46. The van der Waals surface area contributed by atoms with Crippen LogP contribution in [-0.4, -0.2) is 13.6 Å². The summed E-state index contributed by atoms with van der Waals surface area (Å²) in [6.45, 7) is 0.910. The lowest BCUT2D eigenvalue weighted by atomic mass is 9.64. The third-order valence-corrected chi connectivity index (χ3v) is 7.07. The molecule has 5 rings (SSSR count). The fraction of sp³-hybridized carbons (Fsp3) is 0.385. The highest BCUT2D eigenvalue weighted by atomic mass is 15.0. The summed E-state index contributed by atoms with van der Waals surface area (Å²) < 4.78 is 0. The minimum absolute atomic E-state index is 0.357. The second-order valence-corrected chi connectivity index (χ2v) is 8.52. The number of nitrogens with one attached hydrogen (secondary N) is 2. The number of benzene rings is 2. The van der Waals surface area contributed by atoms with Crippen LogP contribution >= 0.6 is 0 Å². The molecule has 1 aliphatic heterocycles. The molecule has 0 radical (unpaired) electrons. The molecule has 0 amide bonds. The maximum atomic E-state index is 3.89. The van der Waals surface area contributed by atoms with E-state index in [0.717, 1.165) is 6.54 Å². The van der Waals surface area contributed by atoms with Crippen LogP contribution < -0.4 is 10.6 Å². The lowest BCUT2D eigenvalue weighted by Crippen LogP contribution is -2.42. The van der Waals surface area contributed by atoms with Gasteiger partial charge in [-0.1, -0.05) is 72.8 Å². The van der Waals surface area contributed by atoms with Crippen molar-refractivity contribution in [3.63, 3.8) is 0 Å². The van der Waals surface area contributed by atoms with Crippen molar-refractivity contribution in [2.75, 3.05) is 13.6 Å². The molecule has 2 aromatic carbocycles. The van der Waals surface area contributed by atoms with Crippen LogP contribution in [0.3, 0.4) is 0 Å². The Morgan fingerprint density at radius 1 is 0.964 bits per heavy atom. The van der Waals surface area contributed by atoms with E-state index in [1.54, 1.807) is 0 Å². The molecule has 2 aromatic rings.